The molecule has 0 N–H and O–H groups in total. The van der Waals surface area contributed by atoms with Crippen molar-refractivity contribution in [3.8, 4) is 0 Å². The van der Waals surface area contributed by atoms with Gasteiger partial charge in [0, 0.05) is 0 Å². The lowest BCUT2D eigenvalue weighted by Crippen LogP contribution is -2.57. The van der Waals surface area contributed by atoms with Gasteiger partial charge >= 0.3 is 5.97 Å². The molecule has 7 nitrogen and oxygen atoms in total. The van der Waals surface area contributed by atoms with Crippen molar-refractivity contribution in [1.29, 1.82) is 0 Å². The maximum atomic E-state index is 13.2. The Labute approximate surface area is 214 Å². The average Bonchev–Trinajstić information content (AvgIpc) is 2.80. The van der Waals surface area contributed by atoms with Crippen LogP contribution in [0.4, 0.5) is 0 Å². The third kappa shape index (κ3) is 12.5. The van der Waals surface area contributed by atoms with E-state index in [1.807, 2.05) is 0 Å². The number of hydrogen-bond acceptors (Lipinski definition) is 7. The van der Waals surface area contributed by atoms with Gasteiger partial charge in [-0.2, -0.15) is 0 Å². The maximum Gasteiger partial charge on any atom is 0.337 e. The van der Waals surface area contributed by atoms with Crippen molar-refractivity contribution in [3.63, 3.8) is 0 Å². The molecule has 34 heavy (non-hydrogen) atoms. The van der Waals surface area contributed by atoms with Gasteiger partial charge in [-0.1, -0.05) is 0 Å². The molecule has 0 spiro atoms. The fourth-order valence-electron chi connectivity index (χ4n) is 3.61. The van der Waals surface area contributed by atoms with Crippen LogP contribution in [0.3, 0.4) is 0 Å². The van der Waals surface area contributed by atoms with Crippen LogP contribution in [0.5, 0.6) is 0 Å². The molecule has 0 amide bonds. The van der Waals surface area contributed by atoms with Gasteiger partial charge in [0.1, 0.15) is 12.2 Å². The van der Waals surface area contributed by atoms with Gasteiger partial charge in [-0.05, 0) is 98.2 Å². The van der Waals surface area contributed by atoms with Gasteiger partial charge in [0.2, 0.25) is 0 Å². The molecule has 0 saturated carbocycles. The summed E-state index contributed by atoms with van der Waals surface area (Å²) in [5, 5.41) is 0. The molecular formula is C22H52O7Si5. The molecule has 1 aliphatic heterocycles. The van der Waals surface area contributed by atoms with E-state index < -0.39 is 66.0 Å². The quantitative estimate of drug-likeness (QED) is 0.210. The summed E-state index contributed by atoms with van der Waals surface area (Å²) in [5.41, 5.74) is 0. The fraction of sp³-hybridized carbons (Fsp3) is 0.955. The van der Waals surface area contributed by atoms with E-state index in [0.717, 1.165) is 0 Å². The van der Waals surface area contributed by atoms with Crippen LogP contribution in [0.25, 0.3) is 0 Å². The maximum absolute atomic E-state index is 13.2. The Hall–Kier alpha value is 0.354. The third-order valence-corrected chi connectivity index (χ3v) is 9.40. The summed E-state index contributed by atoms with van der Waals surface area (Å²) in [7, 11) is -9.92. The number of carbonyl (C=O) groups excluding carboxylic acids is 1. The van der Waals surface area contributed by atoms with Crippen molar-refractivity contribution in [1.82, 2.24) is 0 Å². The van der Waals surface area contributed by atoms with E-state index in [2.05, 4.69) is 98.2 Å². The number of rotatable bonds is 13. The lowest BCUT2D eigenvalue weighted by atomic mass is 10.0. The highest BCUT2D eigenvalue weighted by molar-refractivity contribution is 6.71. The highest BCUT2D eigenvalue weighted by Crippen LogP contribution is 2.34. The van der Waals surface area contributed by atoms with Crippen LogP contribution in [-0.4, -0.2) is 84.7 Å². The van der Waals surface area contributed by atoms with Gasteiger partial charge in [-0.15, -0.1) is 0 Å². The topological polar surface area (TPSA) is 72.5 Å². The molecule has 1 fully saturated rings. The molecule has 0 unspecified atom stereocenters. The largest absolute Gasteiger partial charge is 0.455 e. The second kappa shape index (κ2) is 11.4. The molecule has 1 heterocycles. The van der Waals surface area contributed by atoms with Crippen molar-refractivity contribution < 1.29 is 31.7 Å². The first kappa shape index (κ1) is 32.4. The van der Waals surface area contributed by atoms with E-state index in [0.29, 0.717) is 6.61 Å². The molecular weight excluding hydrogens is 517 g/mol. The first-order chi connectivity index (χ1) is 14.9. The minimum Gasteiger partial charge on any atom is -0.455 e. The molecule has 1 aliphatic rings. The summed E-state index contributed by atoms with van der Waals surface area (Å²) < 4.78 is 38.8. The summed E-state index contributed by atoms with van der Waals surface area (Å²) in [5.74, 6) is -0.363. The van der Waals surface area contributed by atoms with E-state index >= 15 is 0 Å². The molecule has 202 valence electrons. The van der Waals surface area contributed by atoms with Gasteiger partial charge in [0.25, 0.3) is 0 Å². The van der Waals surface area contributed by atoms with Crippen molar-refractivity contribution in [2.24, 2.45) is 0 Å². The van der Waals surface area contributed by atoms with Crippen LogP contribution in [0.2, 0.25) is 98.2 Å². The van der Waals surface area contributed by atoms with Crippen LogP contribution in [0, 0.1) is 0 Å². The van der Waals surface area contributed by atoms with Crippen LogP contribution < -0.4 is 0 Å². The summed E-state index contributed by atoms with van der Waals surface area (Å²) in [6, 6.07) is 0. The lowest BCUT2D eigenvalue weighted by molar-refractivity contribution is -0.152. The van der Waals surface area contributed by atoms with Crippen LogP contribution in [-0.2, 0) is 31.7 Å². The Balaban J connectivity index is 3.52. The highest BCUT2D eigenvalue weighted by atomic mass is 28.4. The molecule has 0 bridgehead atoms. The zero-order valence-electron chi connectivity index (χ0n) is 24.5. The highest BCUT2D eigenvalue weighted by Gasteiger charge is 2.55. The Kier molecular flexibility index (Phi) is 10.9. The smallest absolute Gasteiger partial charge is 0.337 e. The molecule has 0 aromatic rings. The predicted octanol–water partition coefficient (Wildman–Crippen LogP) is 5.64. The SMILES string of the molecule is C[Si](C)(C)OC[C@@H](O[Si](C)(C)C)[C@H](O[Si](C)(C)C)[C@@H]1OC(=O)[C@H](O[Si](C)(C)C)[C@@H]1O[Si](C)(C)C. The van der Waals surface area contributed by atoms with Crippen LogP contribution in [0.1, 0.15) is 0 Å². The zero-order chi connectivity index (χ0) is 26.9. The van der Waals surface area contributed by atoms with Gasteiger partial charge in [0.15, 0.2) is 53.8 Å². The molecule has 0 radical (unpaired) electrons. The minimum atomic E-state index is -2.06. The van der Waals surface area contributed by atoms with Crippen molar-refractivity contribution in [2.75, 3.05) is 6.61 Å². The molecule has 0 aliphatic carbocycles. The van der Waals surface area contributed by atoms with Gasteiger partial charge < -0.3 is 26.9 Å². The number of carbonyl (C=O) groups is 1. The van der Waals surface area contributed by atoms with Gasteiger partial charge in [0.05, 0.1) is 12.7 Å². The number of ether oxygens (including phenoxy) is 1. The van der Waals surface area contributed by atoms with Gasteiger partial charge in [-0.25, -0.2) is 4.79 Å². The first-order valence-electron chi connectivity index (χ1n) is 12.4. The molecule has 1 rings (SSSR count). The average molecular weight is 569 g/mol. The number of cyclic esters (lactones) is 1. The number of hydrogen-bond donors (Lipinski definition) is 0. The molecule has 0 aromatic carbocycles. The Morgan fingerprint density at radius 2 is 1.15 bits per heavy atom. The summed E-state index contributed by atoms with van der Waals surface area (Å²) in [4.78, 5) is 13.2. The van der Waals surface area contributed by atoms with E-state index in [4.69, 9.17) is 26.9 Å². The first-order valence-corrected chi connectivity index (χ1v) is 29.5. The minimum absolute atomic E-state index is 0.360. The van der Waals surface area contributed by atoms with Crippen LogP contribution in [0.15, 0.2) is 0 Å². The Morgan fingerprint density at radius 1 is 0.676 bits per heavy atom. The fourth-order valence-corrected chi connectivity index (χ4v) is 8.55. The van der Waals surface area contributed by atoms with Crippen molar-refractivity contribution >= 4 is 47.6 Å². The Morgan fingerprint density at radius 3 is 1.53 bits per heavy atom. The van der Waals surface area contributed by atoms with E-state index in [1.165, 1.54) is 0 Å². The molecule has 1 saturated heterocycles. The van der Waals surface area contributed by atoms with Crippen molar-refractivity contribution in [3.05, 3.63) is 0 Å². The van der Waals surface area contributed by atoms with E-state index in [9.17, 15) is 4.79 Å². The second-order valence-electron chi connectivity index (χ2n) is 14.1. The summed E-state index contributed by atoms with van der Waals surface area (Å²) in [6.45, 7) is 32.4. The standard InChI is InChI=1S/C22H52O7Si5/c1-30(2,3)24-16-17(26-31(4,5)6)18(27-32(7,8)9)19-20(28-33(10,11)12)21(22(23)25-19)29-34(13,14)15/h17-21H,16H2,1-15H3/t17-,18+,19+,20-,21-/m1/s1. The third-order valence-electron chi connectivity index (χ3n) is 4.44. The monoisotopic (exact) mass is 568 g/mol. The number of esters is 1. The van der Waals surface area contributed by atoms with Crippen molar-refractivity contribution in [2.45, 2.75) is 129 Å². The van der Waals surface area contributed by atoms with Crippen LogP contribution >= 0.6 is 0 Å². The second-order valence-corrected chi connectivity index (χ2v) is 36.5. The van der Waals surface area contributed by atoms with Gasteiger partial charge in [-0.3, -0.25) is 0 Å². The molecule has 5 atom stereocenters. The predicted molar refractivity (Wildman–Crippen MR) is 152 cm³/mol. The molecule has 12 heteroatoms. The van der Waals surface area contributed by atoms with E-state index in [-0.39, 0.29) is 12.1 Å². The summed E-state index contributed by atoms with van der Waals surface area (Å²) >= 11 is 0. The molecule has 0 aromatic heterocycles. The normalized spacial score (nSPS) is 24.8. The lowest BCUT2D eigenvalue weighted by Gasteiger charge is -2.41. The summed E-state index contributed by atoms with van der Waals surface area (Å²) in [6.07, 6.45) is -2.75. The Bertz CT molecular complexity index is 672. The zero-order valence-corrected chi connectivity index (χ0v) is 29.5. The van der Waals surface area contributed by atoms with E-state index in [1.54, 1.807) is 0 Å².